The fourth-order valence-electron chi connectivity index (χ4n) is 1.03. The number of hydroxylamine groups is 1. The SMILES string of the molecule is CC(N)(C(=O)NO)c1ccccc1. The Balaban J connectivity index is 3.00. The standard InChI is InChI=1S/C9H12N2O2/c1-9(10,8(12)11-13)7-5-3-2-4-6-7/h2-6,13H,10H2,1H3,(H,11,12). The van der Waals surface area contributed by atoms with Crippen LogP contribution in [0.5, 0.6) is 0 Å². The fraction of sp³-hybridized carbons (Fsp3) is 0.222. The molecule has 0 fully saturated rings. The summed E-state index contributed by atoms with van der Waals surface area (Å²) in [6.45, 7) is 1.54. The van der Waals surface area contributed by atoms with Crippen LogP contribution in [0, 0.1) is 0 Å². The van der Waals surface area contributed by atoms with Crippen LogP contribution in [0.2, 0.25) is 0 Å². The summed E-state index contributed by atoms with van der Waals surface area (Å²) in [6, 6.07) is 8.86. The maximum Gasteiger partial charge on any atom is 0.267 e. The van der Waals surface area contributed by atoms with Crippen molar-refractivity contribution < 1.29 is 10.0 Å². The Labute approximate surface area is 76.3 Å². The zero-order valence-electron chi connectivity index (χ0n) is 7.32. The summed E-state index contributed by atoms with van der Waals surface area (Å²) in [6.07, 6.45) is 0. The number of nitrogens with one attached hydrogen (secondary N) is 1. The van der Waals surface area contributed by atoms with Crippen molar-refractivity contribution in [3.63, 3.8) is 0 Å². The van der Waals surface area contributed by atoms with Crippen molar-refractivity contribution in [1.29, 1.82) is 0 Å². The van der Waals surface area contributed by atoms with Crippen molar-refractivity contribution in [2.24, 2.45) is 5.73 Å². The van der Waals surface area contributed by atoms with Gasteiger partial charge in [-0.2, -0.15) is 0 Å². The van der Waals surface area contributed by atoms with Gasteiger partial charge in [-0.1, -0.05) is 30.3 Å². The molecule has 0 saturated carbocycles. The van der Waals surface area contributed by atoms with Gasteiger partial charge in [-0.25, -0.2) is 5.48 Å². The van der Waals surface area contributed by atoms with E-state index in [2.05, 4.69) is 0 Å². The molecule has 0 spiro atoms. The van der Waals surface area contributed by atoms with Crippen molar-refractivity contribution in [3.8, 4) is 0 Å². The van der Waals surface area contributed by atoms with E-state index >= 15 is 0 Å². The number of amides is 1. The smallest absolute Gasteiger partial charge is 0.267 e. The van der Waals surface area contributed by atoms with Crippen molar-refractivity contribution >= 4 is 5.91 Å². The fourth-order valence-corrected chi connectivity index (χ4v) is 1.03. The van der Waals surface area contributed by atoms with E-state index in [4.69, 9.17) is 10.9 Å². The second-order valence-corrected chi connectivity index (χ2v) is 3.01. The molecule has 0 heterocycles. The van der Waals surface area contributed by atoms with Gasteiger partial charge in [-0.3, -0.25) is 10.0 Å². The Morgan fingerprint density at radius 3 is 2.46 bits per heavy atom. The first-order valence-electron chi connectivity index (χ1n) is 3.88. The molecule has 1 aromatic carbocycles. The molecule has 0 bridgehead atoms. The summed E-state index contributed by atoms with van der Waals surface area (Å²) in [4.78, 5) is 11.1. The van der Waals surface area contributed by atoms with Gasteiger partial charge in [0.05, 0.1) is 0 Å². The van der Waals surface area contributed by atoms with Gasteiger partial charge in [0.2, 0.25) is 0 Å². The summed E-state index contributed by atoms with van der Waals surface area (Å²) in [5, 5.41) is 8.45. The lowest BCUT2D eigenvalue weighted by Gasteiger charge is -2.21. The van der Waals surface area contributed by atoms with Crippen molar-refractivity contribution in [3.05, 3.63) is 35.9 Å². The minimum absolute atomic E-state index is 0.626. The highest BCUT2D eigenvalue weighted by atomic mass is 16.5. The third kappa shape index (κ3) is 1.85. The molecule has 0 saturated heterocycles. The molecule has 70 valence electrons. The minimum Gasteiger partial charge on any atom is -0.314 e. The van der Waals surface area contributed by atoms with E-state index in [0.717, 1.165) is 0 Å². The number of benzene rings is 1. The highest BCUT2D eigenvalue weighted by Gasteiger charge is 2.29. The zero-order valence-corrected chi connectivity index (χ0v) is 7.32. The molecule has 1 aromatic rings. The van der Waals surface area contributed by atoms with Crippen LogP contribution in [0.3, 0.4) is 0 Å². The van der Waals surface area contributed by atoms with E-state index in [-0.39, 0.29) is 0 Å². The number of hydrogen-bond acceptors (Lipinski definition) is 3. The van der Waals surface area contributed by atoms with Crippen molar-refractivity contribution in [2.75, 3.05) is 0 Å². The summed E-state index contributed by atoms with van der Waals surface area (Å²) < 4.78 is 0. The second kappa shape index (κ2) is 3.55. The van der Waals surface area contributed by atoms with Gasteiger partial charge in [0.15, 0.2) is 0 Å². The highest BCUT2D eigenvalue weighted by Crippen LogP contribution is 2.16. The molecule has 0 aromatic heterocycles. The molecule has 1 rings (SSSR count). The van der Waals surface area contributed by atoms with Gasteiger partial charge in [-0.05, 0) is 12.5 Å². The van der Waals surface area contributed by atoms with Crippen LogP contribution in [0.15, 0.2) is 30.3 Å². The topological polar surface area (TPSA) is 75.4 Å². The Morgan fingerprint density at radius 1 is 1.46 bits per heavy atom. The van der Waals surface area contributed by atoms with E-state index in [1.165, 1.54) is 12.4 Å². The van der Waals surface area contributed by atoms with Crippen LogP contribution in [0.4, 0.5) is 0 Å². The molecular weight excluding hydrogens is 168 g/mol. The Bertz CT molecular complexity index is 296. The van der Waals surface area contributed by atoms with E-state index in [9.17, 15) is 4.79 Å². The normalized spacial score (nSPS) is 14.7. The third-order valence-corrected chi connectivity index (χ3v) is 1.95. The first-order chi connectivity index (χ1) is 6.09. The maximum atomic E-state index is 11.1. The van der Waals surface area contributed by atoms with Crippen molar-refractivity contribution in [1.82, 2.24) is 5.48 Å². The summed E-state index contributed by atoms with van der Waals surface area (Å²) in [5.74, 6) is -0.626. The number of carbonyl (C=O) groups is 1. The number of hydrogen-bond donors (Lipinski definition) is 3. The quantitative estimate of drug-likeness (QED) is 0.454. The number of rotatable bonds is 2. The average molecular weight is 180 g/mol. The molecule has 0 aliphatic heterocycles. The van der Waals surface area contributed by atoms with Crippen LogP contribution in [0.1, 0.15) is 12.5 Å². The molecule has 0 aliphatic carbocycles. The Hall–Kier alpha value is -1.39. The molecule has 13 heavy (non-hydrogen) atoms. The maximum absolute atomic E-state index is 11.1. The predicted octanol–water partition coefficient (Wildman–Crippen LogP) is 0.366. The van der Waals surface area contributed by atoms with E-state index in [1.54, 1.807) is 24.3 Å². The molecule has 4 nitrogen and oxygen atoms in total. The van der Waals surface area contributed by atoms with E-state index in [0.29, 0.717) is 5.56 Å². The molecule has 0 radical (unpaired) electrons. The van der Waals surface area contributed by atoms with Gasteiger partial charge >= 0.3 is 0 Å². The first-order valence-corrected chi connectivity index (χ1v) is 3.88. The van der Waals surface area contributed by atoms with Gasteiger partial charge in [0.1, 0.15) is 5.54 Å². The molecule has 1 amide bonds. The second-order valence-electron chi connectivity index (χ2n) is 3.01. The monoisotopic (exact) mass is 180 g/mol. The first kappa shape index (κ1) is 9.70. The predicted molar refractivity (Wildman–Crippen MR) is 47.9 cm³/mol. The van der Waals surface area contributed by atoms with Gasteiger partial charge in [0.25, 0.3) is 5.91 Å². The lowest BCUT2D eigenvalue weighted by molar-refractivity contribution is -0.134. The van der Waals surface area contributed by atoms with E-state index < -0.39 is 11.4 Å². The number of carbonyl (C=O) groups excluding carboxylic acids is 1. The van der Waals surface area contributed by atoms with Crippen LogP contribution in [-0.4, -0.2) is 11.1 Å². The summed E-state index contributed by atoms with van der Waals surface area (Å²) in [7, 11) is 0. The van der Waals surface area contributed by atoms with Gasteiger partial charge in [0, 0.05) is 0 Å². The van der Waals surface area contributed by atoms with Crippen LogP contribution in [-0.2, 0) is 10.3 Å². The average Bonchev–Trinajstić information content (AvgIpc) is 2.18. The molecule has 1 atom stereocenters. The van der Waals surface area contributed by atoms with E-state index in [1.807, 2.05) is 6.07 Å². The van der Waals surface area contributed by atoms with Crippen LogP contribution < -0.4 is 11.2 Å². The largest absolute Gasteiger partial charge is 0.314 e. The molecular formula is C9H12N2O2. The zero-order chi connectivity index (χ0) is 9.90. The Kier molecular flexibility index (Phi) is 2.65. The summed E-state index contributed by atoms with van der Waals surface area (Å²) >= 11 is 0. The van der Waals surface area contributed by atoms with Gasteiger partial charge < -0.3 is 5.73 Å². The lowest BCUT2D eigenvalue weighted by atomic mass is 9.93. The van der Waals surface area contributed by atoms with Crippen LogP contribution in [0.25, 0.3) is 0 Å². The van der Waals surface area contributed by atoms with Crippen molar-refractivity contribution in [2.45, 2.75) is 12.5 Å². The molecule has 1 unspecified atom stereocenters. The number of nitrogens with two attached hydrogens (primary N) is 1. The lowest BCUT2D eigenvalue weighted by Crippen LogP contribution is -2.47. The molecule has 4 heteroatoms. The van der Waals surface area contributed by atoms with Gasteiger partial charge in [-0.15, -0.1) is 0 Å². The third-order valence-electron chi connectivity index (χ3n) is 1.95. The molecule has 4 N–H and O–H groups in total. The Morgan fingerprint density at radius 2 is 2.00 bits per heavy atom. The minimum atomic E-state index is -1.20. The summed E-state index contributed by atoms with van der Waals surface area (Å²) in [5.41, 5.74) is 6.72. The highest BCUT2D eigenvalue weighted by molar-refractivity contribution is 5.85. The molecule has 0 aliphatic rings. The van der Waals surface area contributed by atoms with Crippen LogP contribution >= 0.6 is 0 Å².